The number of anilines is 1. The zero-order valence-corrected chi connectivity index (χ0v) is 21.4. The summed E-state index contributed by atoms with van der Waals surface area (Å²) in [5, 5.41) is 6.72. The van der Waals surface area contributed by atoms with Crippen LogP contribution < -0.4 is 10.6 Å². The summed E-state index contributed by atoms with van der Waals surface area (Å²) in [5.74, 6) is -2.46. The molecular formula is C26H28Cl2FN3O3. The van der Waals surface area contributed by atoms with E-state index in [0.29, 0.717) is 29.1 Å². The van der Waals surface area contributed by atoms with Crippen LogP contribution in [-0.2, 0) is 19.7 Å². The Morgan fingerprint density at radius 2 is 1.91 bits per heavy atom. The van der Waals surface area contributed by atoms with Crippen LogP contribution in [0.1, 0.15) is 63.5 Å². The third kappa shape index (κ3) is 3.50. The molecule has 2 spiro atoms. The highest BCUT2D eigenvalue weighted by molar-refractivity contribution is 6.31. The van der Waals surface area contributed by atoms with Crippen molar-refractivity contribution in [3.63, 3.8) is 0 Å². The van der Waals surface area contributed by atoms with Gasteiger partial charge in [0.1, 0.15) is 11.5 Å². The van der Waals surface area contributed by atoms with Gasteiger partial charge in [-0.05, 0) is 67.3 Å². The van der Waals surface area contributed by atoms with Crippen LogP contribution in [0.4, 0.5) is 10.1 Å². The summed E-state index contributed by atoms with van der Waals surface area (Å²) in [5.41, 5.74) is -0.584. The van der Waals surface area contributed by atoms with Crippen molar-refractivity contribution in [3.8, 4) is 0 Å². The van der Waals surface area contributed by atoms with Crippen molar-refractivity contribution in [2.24, 2.45) is 5.41 Å². The van der Waals surface area contributed by atoms with E-state index in [0.717, 1.165) is 12.8 Å². The molecule has 1 aromatic carbocycles. The third-order valence-corrected chi connectivity index (χ3v) is 8.71. The quantitative estimate of drug-likeness (QED) is 0.420. The molecule has 1 aliphatic carbocycles. The number of halogens is 3. The fraction of sp³-hybridized carbons (Fsp3) is 0.500. The van der Waals surface area contributed by atoms with Gasteiger partial charge in [-0.25, -0.2) is 9.37 Å². The molecule has 3 aliphatic rings. The van der Waals surface area contributed by atoms with Crippen LogP contribution in [0, 0.1) is 11.2 Å². The molecule has 2 aromatic rings. The molecule has 9 heteroatoms. The second kappa shape index (κ2) is 8.43. The number of amides is 1. The minimum atomic E-state index is -1.29. The maximum atomic E-state index is 15.6. The predicted molar refractivity (Wildman–Crippen MR) is 132 cm³/mol. The molecule has 1 saturated carbocycles. The zero-order valence-electron chi connectivity index (χ0n) is 19.9. The first-order valence-corrected chi connectivity index (χ1v) is 12.7. The lowest BCUT2D eigenvalue weighted by atomic mass is 9.53. The number of hydrogen-bond donors (Lipinski definition) is 2. The largest absolute Gasteiger partial charge is 0.465 e. The molecular weight excluding hydrogens is 492 g/mol. The minimum Gasteiger partial charge on any atom is -0.465 e. The third-order valence-electron chi connectivity index (χ3n) is 8.21. The highest BCUT2D eigenvalue weighted by atomic mass is 35.5. The van der Waals surface area contributed by atoms with Crippen LogP contribution in [0.15, 0.2) is 30.5 Å². The molecule has 0 bridgehead atoms. The molecule has 1 saturated heterocycles. The molecule has 3 atom stereocenters. The fourth-order valence-electron chi connectivity index (χ4n) is 6.54. The molecule has 1 aromatic heterocycles. The molecule has 2 fully saturated rings. The van der Waals surface area contributed by atoms with Crippen LogP contribution >= 0.6 is 23.2 Å². The molecule has 0 radical (unpaired) electrons. The average molecular weight is 520 g/mol. The second-order valence-corrected chi connectivity index (χ2v) is 11.3. The summed E-state index contributed by atoms with van der Waals surface area (Å²) >= 11 is 12.4. The first-order chi connectivity index (χ1) is 16.6. The van der Waals surface area contributed by atoms with Crippen molar-refractivity contribution in [2.75, 3.05) is 11.9 Å². The molecule has 35 heavy (non-hydrogen) atoms. The summed E-state index contributed by atoms with van der Waals surface area (Å²) in [7, 11) is 0. The number of rotatable bonds is 3. The van der Waals surface area contributed by atoms with Gasteiger partial charge in [0.15, 0.2) is 11.0 Å². The predicted octanol–water partition coefficient (Wildman–Crippen LogP) is 5.38. The lowest BCUT2D eigenvalue weighted by Crippen LogP contribution is -2.61. The molecule has 1 unspecified atom stereocenters. The lowest BCUT2D eigenvalue weighted by molar-refractivity contribution is -0.146. The van der Waals surface area contributed by atoms with Gasteiger partial charge in [-0.2, -0.15) is 0 Å². The first kappa shape index (κ1) is 24.5. The van der Waals surface area contributed by atoms with E-state index in [1.54, 1.807) is 19.1 Å². The number of esters is 1. The number of carbonyl (C=O) groups is 2. The minimum absolute atomic E-state index is 0.0781. The second-order valence-electron chi connectivity index (χ2n) is 10.6. The monoisotopic (exact) mass is 519 g/mol. The maximum Gasteiger partial charge on any atom is 0.323 e. The Balaban J connectivity index is 1.82. The number of carbonyl (C=O) groups excluding carboxylic acids is 2. The fourth-order valence-corrected chi connectivity index (χ4v) is 6.88. The number of benzene rings is 1. The lowest BCUT2D eigenvalue weighted by Gasteiger charge is -2.50. The maximum absolute atomic E-state index is 15.6. The number of hydrogen-bond acceptors (Lipinski definition) is 5. The Hall–Kier alpha value is -2.22. The van der Waals surface area contributed by atoms with Crippen molar-refractivity contribution in [1.82, 2.24) is 10.3 Å². The zero-order chi connectivity index (χ0) is 25.2. The van der Waals surface area contributed by atoms with Gasteiger partial charge < -0.3 is 10.1 Å². The number of fused-ring (bicyclic) bond motifs is 3. The van der Waals surface area contributed by atoms with Crippen LogP contribution in [-0.4, -0.2) is 35.0 Å². The van der Waals surface area contributed by atoms with E-state index >= 15 is 4.39 Å². The summed E-state index contributed by atoms with van der Waals surface area (Å²) in [6.45, 7) is 6.29. The molecule has 2 N–H and O–H groups in total. The van der Waals surface area contributed by atoms with E-state index < -0.39 is 34.7 Å². The Morgan fingerprint density at radius 1 is 1.20 bits per heavy atom. The van der Waals surface area contributed by atoms with Gasteiger partial charge >= 0.3 is 5.97 Å². The number of nitrogens with zero attached hydrogens (tertiary/aromatic N) is 1. The van der Waals surface area contributed by atoms with Gasteiger partial charge in [-0.3, -0.25) is 14.9 Å². The molecule has 5 rings (SSSR count). The van der Waals surface area contributed by atoms with E-state index in [1.165, 1.54) is 12.3 Å². The highest BCUT2D eigenvalue weighted by Gasteiger charge is 2.73. The van der Waals surface area contributed by atoms with Crippen LogP contribution in [0.25, 0.3) is 0 Å². The van der Waals surface area contributed by atoms with Gasteiger partial charge in [-0.1, -0.05) is 43.1 Å². The normalized spacial score (nSPS) is 28.2. The van der Waals surface area contributed by atoms with Gasteiger partial charge in [0.25, 0.3) is 0 Å². The Bertz CT molecular complexity index is 1210. The summed E-state index contributed by atoms with van der Waals surface area (Å²) in [6.07, 6.45) is 4.32. The van der Waals surface area contributed by atoms with Crippen molar-refractivity contribution in [1.29, 1.82) is 0 Å². The molecule has 2 aliphatic heterocycles. The summed E-state index contributed by atoms with van der Waals surface area (Å²) in [6, 6.07) is 5.80. The van der Waals surface area contributed by atoms with Crippen molar-refractivity contribution >= 4 is 40.8 Å². The van der Waals surface area contributed by atoms with Gasteiger partial charge in [-0.15, -0.1) is 0 Å². The smallest absolute Gasteiger partial charge is 0.323 e. The van der Waals surface area contributed by atoms with Crippen molar-refractivity contribution in [3.05, 3.63) is 57.6 Å². The van der Waals surface area contributed by atoms with Gasteiger partial charge in [0, 0.05) is 28.4 Å². The first-order valence-electron chi connectivity index (χ1n) is 11.9. The average Bonchev–Trinajstić information content (AvgIpc) is 3.26. The summed E-state index contributed by atoms with van der Waals surface area (Å²) < 4.78 is 21.1. The molecule has 3 heterocycles. The van der Waals surface area contributed by atoms with E-state index in [1.807, 2.05) is 6.07 Å². The van der Waals surface area contributed by atoms with E-state index in [4.69, 9.17) is 27.9 Å². The van der Waals surface area contributed by atoms with Crippen LogP contribution in [0.5, 0.6) is 0 Å². The molecule has 186 valence electrons. The Labute approximate surface area is 213 Å². The highest BCUT2D eigenvalue weighted by Crippen LogP contribution is 2.64. The number of aromatic nitrogens is 1. The summed E-state index contributed by atoms with van der Waals surface area (Å²) in [4.78, 5) is 31.4. The van der Waals surface area contributed by atoms with Gasteiger partial charge in [0.2, 0.25) is 5.91 Å². The van der Waals surface area contributed by atoms with E-state index in [-0.39, 0.29) is 28.6 Å². The molecule has 6 nitrogen and oxygen atoms in total. The Morgan fingerprint density at radius 3 is 2.60 bits per heavy atom. The van der Waals surface area contributed by atoms with Crippen molar-refractivity contribution in [2.45, 2.75) is 69.4 Å². The van der Waals surface area contributed by atoms with Crippen LogP contribution in [0.3, 0.4) is 0 Å². The van der Waals surface area contributed by atoms with Crippen molar-refractivity contribution < 1.29 is 18.7 Å². The number of pyridine rings is 1. The SMILES string of the molecule is CCOC(=O)C1NC2(CCC(C)(C)CC2)[C@@]2(C(=O)Nc3cc(Cl)ccc32)[C@H]1c1ccnc(Cl)c1F. The Kier molecular flexibility index (Phi) is 5.89. The number of ether oxygens (including phenoxy) is 1. The van der Waals surface area contributed by atoms with Crippen LogP contribution in [0.2, 0.25) is 10.2 Å². The van der Waals surface area contributed by atoms with Gasteiger partial charge in [0.05, 0.1) is 6.61 Å². The standard InChI is InChI=1S/C26H28Cl2FN3O3/c1-4-35-22(33)20-18(15-7-12-30-21(28)19(15)29)26(25(32-20)10-8-24(2,3)9-11-25)16-6-5-14(27)13-17(16)31-23(26)34/h5-7,12-13,18,20,32H,4,8-11H2,1-3H3,(H,31,34)/t18-,20?,26+/m0/s1. The van der Waals surface area contributed by atoms with E-state index in [2.05, 4.69) is 29.5 Å². The number of nitrogens with one attached hydrogen (secondary N) is 2. The topological polar surface area (TPSA) is 80.3 Å². The molecule has 1 amide bonds. The van der Waals surface area contributed by atoms with E-state index in [9.17, 15) is 9.59 Å².